The van der Waals surface area contributed by atoms with Gasteiger partial charge in [-0.15, -0.1) is 10.2 Å². The fourth-order valence-electron chi connectivity index (χ4n) is 3.36. The molecule has 0 atom stereocenters. The van der Waals surface area contributed by atoms with E-state index in [9.17, 15) is 4.79 Å². The molecule has 5 rings (SSSR count). The van der Waals surface area contributed by atoms with Crippen molar-refractivity contribution in [1.82, 2.24) is 15.1 Å². The van der Waals surface area contributed by atoms with Crippen molar-refractivity contribution in [2.24, 2.45) is 0 Å². The molecule has 1 saturated carbocycles. The average Bonchev–Trinajstić information content (AvgIpc) is 3.31. The van der Waals surface area contributed by atoms with E-state index in [1.165, 1.54) is 0 Å². The Morgan fingerprint density at radius 3 is 2.26 bits per heavy atom. The van der Waals surface area contributed by atoms with E-state index in [0.717, 1.165) is 18.4 Å². The maximum atomic E-state index is 13.2. The number of nitrogens with zero attached hydrogens (tertiary/aromatic N) is 3. The van der Waals surface area contributed by atoms with Gasteiger partial charge in [0.1, 0.15) is 5.76 Å². The number of amides is 1. The highest BCUT2D eigenvalue weighted by molar-refractivity contribution is 6.33. The fraction of sp³-hybridized carbons (Fsp3) is 0.174. The van der Waals surface area contributed by atoms with E-state index < -0.39 is 0 Å². The molecule has 1 aliphatic carbocycles. The molecule has 0 N–H and O–H groups in total. The van der Waals surface area contributed by atoms with Gasteiger partial charge in [0, 0.05) is 11.6 Å². The molecule has 0 saturated heterocycles. The van der Waals surface area contributed by atoms with Crippen molar-refractivity contribution < 1.29 is 13.6 Å². The Bertz CT molecular complexity index is 1250. The molecule has 1 aliphatic rings. The molecule has 2 aromatic carbocycles. The lowest BCUT2D eigenvalue weighted by molar-refractivity contribution is 0.0683. The molecular weight excluding hydrogens is 437 g/mol. The van der Waals surface area contributed by atoms with Crippen LogP contribution in [0.2, 0.25) is 10.0 Å². The van der Waals surface area contributed by atoms with Gasteiger partial charge in [-0.3, -0.25) is 4.79 Å². The highest BCUT2D eigenvalue weighted by atomic mass is 35.5. The zero-order valence-electron chi connectivity index (χ0n) is 16.3. The molecule has 8 heteroatoms. The Kier molecular flexibility index (Phi) is 5.26. The first-order valence-corrected chi connectivity index (χ1v) is 10.6. The number of hydrogen-bond donors (Lipinski definition) is 0. The standard InChI is InChI=1S/C23H17Cl2N3O3/c24-17-7-3-1-5-15(17)19-11-12-20(30-19)23(29)28(14-9-10-14)13-21-26-27-22(31-21)16-6-2-4-8-18(16)25/h1-8,11-12,14H,9-10,13H2. The first-order valence-electron chi connectivity index (χ1n) is 9.83. The van der Waals surface area contributed by atoms with Crippen LogP contribution in [-0.2, 0) is 6.54 Å². The summed E-state index contributed by atoms with van der Waals surface area (Å²) in [5, 5.41) is 9.28. The van der Waals surface area contributed by atoms with Gasteiger partial charge in [-0.05, 0) is 49.2 Å². The van der Waals surface area contributed by atoms with Gasteiger partial charge in [-0.25, -0.2) is 0 Å². The zero-order chi connectivity index (χ0) is 21.4. The van der Waals surface area contributed by atoms with Crippen LogP contribution in [0.4, 0.5) is 0 Å². The van der Waals surface area contributed by atoms with Gasteiger partial charge < -0.3 is 13.7 Å². The maximum Gasteiger partial charge on any atom is 0.290 e. The predicted octanol–water partition coefficient (Wildman–Crippen LogP) is 6.11. The van der Waals surface area contributed by atoms with Crippen molar-refractivity contribution in [3.63, 3.8) is 0 Å². The molecule has 0 bridgehead atoms. The molecule has 2 aromatic heterocycles. The maximum absolute atomic E-state index is 13.2. The van der Waals surface area contributed by atoms with Crippen LogP contribution in [-0.4, -0.2) is 27.0 Å². The van der Waals surface area contributed by atoms with E-state index in [-0.39, 0.29) is 24.3 Å². The topological polar surface area (TPSA) is 72.4 Å². The molecule has 1 fully saturated rings. The monoisotopic (exact) mass is 453 g/mol. The summed E-state index contributed by atoms with van der Waals surface area (Å²) in [6.07, 6.45) is 1.85. The van der Waals surface area contributed by atoms with Gasteiger partial charge in [0.2, 0.25) is 11.8 Å². The smallest absolute Gasteiger partial charge is 0.290 e. The van der Waals surface area contributed by atoms with Gasteiger partial charge in [0.25, 0.3) is 5.91 Å². The molecule has 4 aromatic rings. The minimum absolute atomic E-state index is 0.122. The number of furan rings is 1. The molecule has 0 aliphatic heterocycles. The Balaban J connectivity index is 1.37. The van der Waals surface area contributed by atoms with E-state index in [4.69, 9.17) is 32.0 Å². The third kappa shape index (κ3) is 4.09. The van der Waals surface area contributed by atoms with Crippen molar-refractivity contribution in [3.05, 3.63) is 82.4 Å². The van der Waals surface area contributed by atoms with Gasteiger partial charge in [0.05, 0.1) is 22.2 Å². The third-order valence-electron chi connectivity index (χ3n) is 5.08. The van der Waals surface area contributed by atoms with Crippen LogP contribution in [0.5, 0.6) is 0 Å². The van der Waals surface area contributed by atoms with E-state index in [2.05, 4.69) is 10.2 Å². The van der Waals surface area contributed by atoms with Gasteiger partial charge >= 0.3 is 0 Å². The Labute approximate surface area is 188 Å². The number of carbonyl (C=O) groups excluding carboxylic acids is 1. The van der Waals surface area contributed by atoms with E-state index in [0.29, 0.717) is 33.2 Å². The second kappa shape index (κ2) is 8.21. The Morgan fingerprint density at radius 1 is 0.903 bits per heavy atom. The van der Waals surface area contributed by atoms with Crippen LogP contribution in [0.25, 0.3) is 22.8 Å². The number of hydrogen-bond acceptors (Lipinski definition) is 5. The van der Waals surface area contributed by atoms with E-state index >= 15 is 0 Å². The minimum Gasteiger partial charge on any atom is -0.451 e. The average molecular weight is 454 g/mol. The zero-order valence-corrected chi connectivity index (χ0v) is 17.8. The van der Waals surface area contributed by atoms with Gasteiger partial charge in [-0.2, -0.15) is 0 Å². The lowest BCUT2D eigenvalue weighted by Crippen LogP contribution is -2.32. The van der Waals surface area contributed by atoms with E-state index in [1.54, 1.807) is 29.2 Å². The molecule has 0 unspecified atom stereocenters. The predicted molar refractivity (Wildman–Crippen MR) is 117 cm³/mol. The third-order valence-corrected chi connectivity index (χ3v) is 5.74. The lowest BCUT2D eigenvalue weighted by atomic mass is 10.2. The number of carbonyl (C=O) groups is 1. The van der Waals surface area contributed by atoms with Crippen molar-refractivity contribution in [2.45, 2.75) is 25.4 Å². The second-order valence-corrected chi connectivity index (χ2v) is 8.10. The number of benzene rings is 2. The summed E-state index contributed by atoms with van der Waals surface area (Å²) in [5.41, 5.74) is 1.39. The quantitative estimate of drug-likeness (QED) is 0.352. The van der Waals surface area contributed by atoms with Crippen LogP contribution in [0.3, 0.4) is 0 Å². The molecule has 2 heterocycles. The number of rotatable bonds is 6. The second-order valence-electron chi connectivity index (χ2n) is 7.29. The first-order chi connectivity index (χ1) is 15.1. The molecule has 0 radical (unpaired) electrons. The number of halogens is 2. The fourth-order valence-corrected chi connectivity index (χ4v) is 3.81. The first kappa shape index (κ1) is 19.8. The molecule has 0 spiro atoms. The van der Waals surface area contributed by atoms with Crippen LogP contribution in [0.1, 0.15) is 29.3 Å². The molecular formula is C23H17Cl2N3O3. The summed E-state index contributed by atoms with van der Waals surface area (Å²) in [6, 6.07) is 18.1. The SMILES string of the molecule is O=C(c1ccc(-c2ccccc2Cl)o1)N(Cc1nnc(-c2ccccc2Cl)o1)C1CC1. The summed E-state index contributed by atoms with van der Waals surface area (Å²) in [6.45, 7) is 0.197. The van der Waals surface area contributed by atoms with Crippen molar-refractivity contribution >= 4 is 29.1 Å². The summed E-state index contributed by atoms with van der Waals surface area (Å²) in [4.78, 5) is 14.9. The normalized spacial score (nSPS) is 13.4. The molecule has 6 nitrogen and oxygen atoms in total. The summed E-state index contributed by atoms with van der Waals surface area (Å²) < 4.78 is 11.6. The van der Waals surface area contributed by atoms with Crippen molar-refractivity contribution in [1.29, 1.82) is 0 Å². The summed E-state index contributed by atoms with van der Waals surface area (Å²) >= 11 is 12.5. The Morgan fingerprint density at radius 2 is 1.58 bits per heavy atom. The minimum atomic E-state index is -0.224. The van der Waals surface area contributed by atoms with Crippen LogP contribution in [0, 0.1) is 0 Å². The Hall–Kier alpha value is -3.09. The molecule has 31 heavy (non-hydrogen) atoms. The van der Waals surface area contributed by atoms with Crippen molar-refractivity contribution in [3.8, 4) is 22.8 Å². The van der Waals surface area contributed by atoms with Gasteiger partial charge in [-0.1, -0.05) is 47.5 Å². The largest absolute Gasteiger partial charge is 0.451 e. The summed E-state index contributed by atoms with van der Waals surface area (Å²) in [7, 11) is 0. The van der Waals surface area contributed by atoms with Gasteiger partial charge in [0.15, 0.2) is 5.76 Å². The summed E-state index contributed by atoms with van der Waals surface area (Å²) in [5.74, 6) is 1.23. The molecule has 1 amide bonds. The van der Waals surface area contributed by atoms with Crippen LogP contribution < -0.4 is 0 Å². The highest BCUT2D eigenvalue weighted by Crippen LogP contribution is 2.33. The number of aromatic nitrogens is 2. The highest BCUT2D eigenvalue weighted by Gasteiger charge is 2.35. The van der Waals surface area contributed by atoms with Crippen LogP contribution in [0.15, 0.2) is 69.5 Å². The van der Waals surface area contributed by atoms with E-state index in [1.807, 2.05) is 36.4 Å². The molecule has 156 valence electrons. The van der Waals surface area contributed by atoms with Crippen LogP contribution >= 0.6 is 23.2 Å². The lowest BCUT2D eigenvalue weighted by Gasteiger charge is -2.19. The van der Waals surface area contributed by atoms with Crippen molar-refractivity contribution in [2.75, 3.05) is 0 Å².